The highest BCUT2D eigenvalue weighted by molar-refractivity contribution is 7.99. The van der Waals surface area contributed by atoms with Crippen LogP contribution in [0.1, 0.15) is 64.0 Å². The van der Waals surface area contributed by atoms with E-state index < -0.39 is 5.92 Å². The zero-order chi connectivity index (χ0) is 22.3. The molecule has 0 saturated carbocycles. The number of fused-ring (bicyclic) bond motifs is 1. The standard InChI is InChI=1S/C24H28ClN3O2S/c1-13(2)8-9-31-23-27-21-20(22(30)28-23)18(14-6-5-7-15(25)10-14)19-16(26-21)11-24(3,4)12-17(19)29/h5-7,10,13,18H,8-9,11-12H2,1-4H3,(H2,26,27,28,30). The maximum absolute atomic E-state index is 13.2. The van der Waals surface area contributed by atoms with Crippen molar-refractivity contribution >= 4 is 35.0 Å². The number of allylic oxidation sites excluding steroid dienone is 2. The molecular formula is C24H28ClN3O2S. The molecule has 2 heterocycles. The monoisotopic (exact) mass is 457 g/mol. The Morgan fingerprint density at radius 2 is 2.03 bits per heavy atom. The molecule has 164 valence electrons. The normalized spacial score (nSPS) is 19.8. The summed E-state index contributed by atoms with van der Waals surface area (Å²) >= 11 is 7.83. The van der Waals surface area contributed by atoms with Crippen molar-refractivity contribution in [1.82, 2.24) is 9.97 Å². The lowest BCUT2D eigenvalue weighted by Gasteiger charge is -2.38. The summed E-state index contributed by atoms with van der Waals surface area (Å²) in [6.45, 7) is 8.55. The molecule has 1 atom stereocenters. The van der Waals surface area contributed by atoms with E-state index in [0.717, 1.165) is 29.9 Å². The largest absolute Gasteiger partial charge is 0.343 e. The zero-order valence-corrected chi connectivity index (χ0v) is 19.9. The van der Waals surface area contributed by atoms with Gasteiger partial charge in [-0.15, -0.1) is 0 Å². The summed E-state index contributed by atoms with van der Waals surface area (Å²) in [6, 6.07) is 7.41. The smallest absolute Gasteiger partial charge is 0.257 e. The average Bonchev–Trinajstić information content (AvgIpc) is 2.65. The molecule has 0 amide bonds. The van der Waals surface area contributed by atoms with Crippen molar-refractivity contribution in [3.63, 3.8) is 0 Å². The van der Waals surface area contributed by atoms with Gasteiger partial charge >= 0.3 is 0 Å². The molecule has 1 aromatic carbocycles. The number of hydrogen-bond donors (Lipinski definition) is 2. The van der Waals surface area contributed by atoms with Gasteiger partial charge in [0.25, 0.3) is 5.56 Å². The van der Waals surface area contributed by atoms with Crippen LogP contribution in [0.2, 0.25) is 5.02 Å². The van der Waals surface area contributed by atoms with Crippen LogP contribution in [0, 0.1) is 11.3 Å². The number of anilines is 1. The van der Waals surface area contributed by atoms with E-state index in [1.807, 2.05) is 18.2 Å². The molecule has 1 aromatic heterocycles. The van der Waals surface area contributed by atoms with Gasteiger partial charge < -0.3 is 10.3 Å². The fraction of sp³-hybridized carbons (Fsp3) is 0.458. The van der Waals surface area contributed by atoms with Gasteiger partial charge in [0.15, 0.2) is 10.9 Å². The van der Waals surface area contributed by atoms with E-state index in [9.17, 15) is 9.59 Å². The number of aromatic amines is 1. The molecule has 0 bridgehead atoms. The van der Waals surface area contributed by atoms with Crippen LogP contribution in [-0.4, -0.2) is 21.5 Å². The number of ketones is 1. The Balaban J connectivity index is 1.83. The fourth-order valence-corrected chi connectivity index (χ4v) is 5.67. The first-order chi connectivity index (χ1) is 14.6. The first kappa shape index (κ1) is 22.2. The summed E-state index contributed by atoms with van der Waals surface area (Å²) in [4.78, 5) is 34.2. The number of thioether (sulfide) groups is 1. The number of rotatable bonds is 5. The van der Waals surface area contributed by atoms with Gasteiger partial charge in [-0.3, -0.25) is 9.59 Å². The number of carbonyl (C=O) groups excluding carboxylic acids is 1. The van der Waals surface area contributed by atoms with Crippen molar-refractivity contribution in [3.8, 4) is 0 Å². The molecule has 2 aromatic rings. The van der Waals surface area contributed by atoms with Crippen LogP contribution in [0.25, 0.3) is 0 Å². The molecule has 0 saturated heterocycles. The molecule has 31 heavy (non-hydrogen) atoms. The van der Waals surface area contributed by atoms with Gasteiger partial charge in [0.05, 0.1) is 5.56 Å². The fourth-order valence-electron chi connectivity index (χ4n) is 4.37. The van der Waals surface area contributed by atoms with Crippen molar-refractivity contribution < 1.29 is 4.79 Å². The van der Waals surface area contributed by atoms with Crippen molar-refractivity contribution in [1.29, 1.82) is 0 Å². The number of aromatic nitrogens is 2. The molecular weight excluding hydrogens is 430 g/mol. The summed E-state index contributed by atoms with van der Waals surface area (Å²) in [5, 5.41) is 4.54. The Labute approximate surface area is 192 Å². The van der Waals surface area contributed by atoms with E-state index in [0.29, 0.717) is 39.5 Å². The van der Waals surface area contributed by atoms with Gasteiger partial charge in [-0.2, -0.15) is 0 Å². The van der Waals surface area contributed by atoms with E-state index in [2.05, 4.69) is 38.0 Å². The highest BCUT2D eigenvalue weighted by Crippen LogP contribution is 2.47. The van der Waals surface area contributed by atoms with Crippen molar-refractivity contribution in [2.75, 3.05) is 11.1 Å². The third kappa shape index (κ3) is 4.60. The number of nitrogens with zero attached hydrogens (tertiary/aromatic N) is 1. The van der Waals surface area contributed by atoms with Crippen LogP contribution < -0.4 is 10.9 Å². The summed E-state index contributed by atoms with van der Waals surface area (Å²) in [5.41, 5.74) is 2.51. The van der Waals surface area contributed by atoms with E-state index in [-0.39, 0.29) is 16.8 Å². The molecule has 1 aliphatic heterocycles. The Morgan fingerprint density at radius 1 is 1.26 bits per heavy atom. The molecule has 2 N–H and O–H groups in total. The van der Waals surface area contributed by atoms with E-state index in [1.165, 1.54) is 0 Å². The molecule has 2 aliphatic rings. The Kier molecular flexibility index (Phi) is 6.05. The number of H-pyrrole nitrogens is 1. The molecule has 0 radical (unpaired) electrons. The molecule has 1 unspecified atom stereocenters. The van der Waals surface area contributed by atoms with Crippen LogP contribution >= 0.6 is 23.4 Å². The highest BCUT2D eigenvalue weighted by Gasteiger charge is 2.42. The van der Waals surface area contributed by atoms with Gasteiger partial charge in [0.2, 0.25) is 0 Å². The minimum atomic E-state index is -0.473. The third-order valence-electron chi connectivity index (χ3n) is 5.82. The van der Waals surface area contributed by atoms with Crippen molar-refractivity contribution in [3.05, 3.63) is 62.0 Å². The van der Waals surface area contributed by atoms with Gasteiger partial charge in [0.1, 0.15) is 5.82 Å². The lowest BCUT2D eigenvalue weighted by molar-refractivity contribution is -0.118. The second-order valence-corrected chi connectivity index (χ2v) is 11.1. The first-order valence-corrected chi connectivity index (χ1v) is 12.1. The number of halogens is 1. The van der Waals surface area contributed by atoms with Crippen molar-refractivity contribution in [2.24, 2.45) is 11.3 Å². The molecule has 1 aliphatic carbocycles. The van der Waals surface area contributed by atoms with Gasteiger partial charge in [-0.25, -0.2) is 4.98 Å². The van der Waals surface area contributed by atoms with E-state index in [1.54, 1.807) is 17.8 Å². The zero-order valence-electron chi connectivity index (χ0n) is 18.3. The van der Waals surface area contributed by atoms with E-state index in [4.69, 9.17) is 16.6 Å². The number of Topliss-reactive ketones (excluding diaryl/α,β-unsaturated/α-hetero) is 1. The molecule has 0 spiro atoms. The number of benzene rings is 1. The van der Waals surface area contributed by atoms with Gasteiger partial charge in [-0.1, -0.05) is 63.2 Å². The summed E-state index contributed by atoms with van der Waals surface area (Å²) < 4.78 is 0. The Bertz CT molecular complexity index is 1120. The number of nitrogens with one attached hydrogen (secondary N) is 2. The summed E-state index contributed by atoms with van der Waals surface area (Å²) in [7, 11) is 0. The summed E-state index contributed by atoms with van der Waals surface area (Å²) in [6.07, 6.45) is 2.23. The predicted molar refractivity (Wildman–Crippen MR) is 127 cm³/mol. The molecule has 5 nitrogen and oxygen atoms in total. The lowest BCUT2D eigenvalue weighted by atomic mass is 9.69. The predicted octanol–water partition coefficient (Wildman–Crippen LogP) is 5.76. The van der Waals surface area contributed by atoms with Crippen LogP contribution in [0.15, 0.2) is 45.5 Å². The minimum Gasteiger partial charge on any atom is -0.343 e. The molecule has 4 rings (SSSR count). The van der Waals surface area contributed by atoms with Crippen LogP contribution in [0.5, 0.6) is 0 Å². The maximum atomic E-state index is 13.2. The van der Waals surface area contributed by atoms with Crippen molar-refractivity contribution in [2.45, 2.75) is 58.0 Å². The lowest BCUT2D eigenvalue weighted by Crippen LogP contribution is -2.37. The quantitative estimate of drug-likeness (QED) is 0.440. The molecule has 0 fully saturated rings. The highest BCUT2D eigenvalue weighted by atomic mass is 35.5. The van der Waals surface area contributed by atoms with Crippen LogP contribution in [0.4, 0.5) is 5.82 Å². The van der Waals surface area contributed by atoms with E-state index >= 15 is 0 Å². The topological polar surface area (TPSA) is 74.8 Å². The second kappa shape index (κ2) is 8.47. The second-order valence-electron chi connectivity index (χ2n) is 9.61. The first-order valence-electron chi connectivity index (χ1n) is 10.7. The van der Waals surface area contributed by atoms with Crippen LogP contribution in [-0.2, 0) is 4.79 Å². The van der Waals surface area contributed by atoms with Crippen LogP contribution in [0.3, 0.4) is 0 Å². The maximum Gasteiger partial charge on any atom is 0.257 e. The Hall–Kier alpha value is -2.05. The average molecular weight is 458 g/mol. The van der Waals surface area contributed by atoms with Gasteiger partial charge in [-0.05, 0) is 41.9 Å². The Morgan fingerprint density at radius 3 is 2.74 bits per heavy atom. The summed E-state index contributed by atoms with van der Waals surface area (Å²) in [5.74, 6) is 1.62. The minimum absolute atomic E-state index is 0.0733. The SMILES string of the molecule is CC(C)CCSc1nc2c(c(=O)[nH]1)C(c1cccc(Cl)c1)C1=C(CC(C)(C)CC1=O)N2. The molecule has 7 heteroatoms. The van der Waals surface area contributed by atoms with Gasteiger partial charge in [0, 0.05) is 34.4 Å². The number of carbonyl (C=O) groups is 1. The third-order valence-corrected chi connectivity index (χ3v) is 6.96. The number of hydrogen-bond acceptors (Lipinski definition) is 5.